The third-order valence-electron chi connectivity index (χ3n) is 1.20. The Labute approximate surface area is 63.9 Å². The zero-order chi connectivity index (χ0) is 9.30. The first-order valence-corrected chi connectivity index (χ1v) is 2.79. The van der Waals surface area contributed by atoms with Crippen LogP contribution < -0.4 is 5.34 Å². The quantitative estimate of drug-likeness (QED) is 0.367. The van der Waals surface area contributed by atoms with E-state index in [2.05, 4.69) is 0 Å². The van der Waals surface area contributed by atoms with Gasteiger partial charge in [-0.1, -0.05) is 8.96 Å². The highest BCUT2D eigenvalue weighted by atomic mass is 19.4. The van der Waals surface area contributed by atoms with E-state index < -0.39 is 28.5 Å². The van der Waals surface area contributed by atoms with E-state index in [1.165, 1.54) is 0 Å². The zero-order valence-corrected chi connectivity index (χ0v) is 5.49. The Balaban J connectivity index is 3.27. The van der Waals surface area contributed by atoms with Crippen LogP contribution in [0.2, 0.25) is 0 Å². The van der Waals surface area contributed by atoms with Crippen molar-refractivity contribution >= 4 is 5.69 Å². The van der Waals surface area contributed by atoms with Gasteiger partial charge < -0.3 is 0 Å². The number of benzene rings is 1. The highest BCUT2D eigenvalue weighted by Crippen LogP contribution is 2.23. The van der Waals surface area contributed by atoms with Gasteiger partial charge in [-0.3, -0.25) is 0 Å². The monoisotopic (exact) mass is 183 g/mol. The van der Waals surface area contributed by atoms with Crippen molar-refractivity contribution in [3.8, 4) is 0 Å². The van der Waals surface area contributed by atoms with Crippen LogP contribution in [-0.4, -0.2) is 0 Å². The van der Waals surface area contributed by atoms with Crippen LogP contribution in [0.15, 0.2) is 12.1 Å². The van der Waals surface area contributed by atoms with Gasteiger partial charge in [0.05, 0.1) is 0 Å². The molecule has 1 aromatic carbocycles. The fourth-order valence-corrected chi connectivity index (χ4v) is 0.646. The lowest BCUT2D eigenvalue weighted by Gasteiger charge is -2.03. The average molecular weight is 183 g/mol. The van der Waals surface area contributed by atoms with Gasteiger partial charge in [0.2, 0.25) is 0 Å². The van der Waals surface area contributed by atoms with Crippen molar-refractivity contribution in [3.63, 3.8) is 0 Å². The lowest BCUT2D eigenvalue weighted by molar-refractivity contribution is 0.229. The van der Waals surface area contributed by atoms with E-state index in [1.54, 1.807) is 0 Å². The third kappa shape index (κ3) is 1.32. The van der Waals surface area contributed by atoms with E-state index in [0.717, 1.165) is 0 Å². The van der Waals surface area contributed by atoms with Crippen molar-refractivity contribution in [2.75, 3.05) is 5.34 Å². The van der Waals surface area contributed by atoms with Crippen LogP contribution in [0.4, 0.5) is 27.8 Å². The van der Waals surface area contributed by atoms with Crippen molar-refractivity contribution < 1.29 is 22.1 Å². The standard InChI is InChI=1S/C6H2F5N/c7-3-1-2-4(12(10)11)6(9)5(3)8/h1-2H. The molecule has 0 atom stereocenters. The summed E-state index contributed by atoms with van der Waals surface area (Å²) >= 11 is 0. The molecule has 0 amide bonds. The molecule has 0 aromatic heterocycles. The van der Waals surface area contributed by atoms with Crippen molar-refractivity contribution in [1.82, 2.24) is 0 Å². The van der Waals surface area contributed by atoms with Gasteiger partial charge in [0.15, 0.2) is 17.5 Å². The Bertz CT molecular complexity index is 298. The largest absolute Gasteiger partial charge is 0.204 e. The molecule has 1 nitrogen and oxygen atoms in total. The van der Waals surface area contributed by atoms with Crippen LogP contribution in [0.25, 0.3) is 0 Å². The molecule has 0 aliphatic rings. The molecule has 66 valence electrons. The molecular formula is C6H2F5N. The summed E-state index contributed by atoms with van der Waals surface area (Å²) in [6.07, 6.45) is 0. The Kier molecular flexibility index (Phi) is 2.16. The molecule has 6 heteroatoms. The lowest BCUT2D eigenvalue weighted by Crippen LogP contribution is -2.02. The average Bonchev–Trinajstić information content (AvgIpc) is 2.00. The molecule has 12 heavy (non-hydrogen) atoms. The van der Waals surface area contributed by atoms with Crippen LogP contribution in [0, 0.1) is 17.5 Å². The first kappa shape index (κ1) is 8.76. The van der Waals surface area contributed by atoms with Crippen LogP contribution in [0.1, 0.15) is 0 Å². The summed E-state index contributed by atoms with van der Waals surface area (Å²) in [6, 6.07) is 0.855. The summed E-state index contributed by atoms with van der Waals surface area (Å²) in [5.74, 6) is -5.31. The van der Waals surface area contributed by atoms with Crippen molar-refractivity contribution in [2.24, 2.45) is 0 Å². The molecule has 1 rings (SSSR count). The van der Waals surface area contributed by atoms with Crippen LogP contribution >= 0.6 is 0 Å². The van der Waals surface area contributed by atoms with Gasteiger partial charge in [0.1, 0.15) is 5.69 Å². The smallest absolute Gasteiger partial charge is 0.196 e. The molecule has 0 bridgehead atoms. The summed E-state index contributed by atoms with van der Waals surface area (Å²) in [5, 5.41) is -1.63. The SMILES string of the molecule is Fc1ccc(N(F)F)c(F)c1F. The molecule has 0 aliphatic heterocycles. The maximum atomic E-state index is 12.4. The first-order valence-electron chi connectivity index (χ1n) is 2.79. The Hall–Kier alpha value is -1.33. The topological polar surface area (TPSA) is 3.24 Å². The number of anilines is 1. The normalized spacial score (nSPS) is 10.1. The fourth-order valence-electron chi connectivity index (χ4n) is 0.646. The molecule has 0 unspecified atom stereocenters. The van der Waals surface area contributed by atoms with E-state index in [-0.39, 0.29) is 0 Å². The molecule has 0 heterocycles. The summed E-state index contributed by atoms with van der Waals surface area (Å²) < 4.78 is 60.1. The highest BCUT2D eigenvalue weighted by molar-refractivity contribution is 5.43. The molecule has 0 N–H and O–H groups in total. The van der Waals surface area contributed by atoms with Crippen molar-refractivity contribution in [1.29, 1.82) is 0 Å². The molecule has 0 saturated carbocycles. The second kappa shape index (κ2) is 2.96. The van der Waals surface area contributed by atoms with Gasteiger partial charge in [-0.2, -0.15) is 0 Å². The van der Waals surface area contributed by atoms with Crippen LogP contribution in [-0.2, 0) is 0 Å². The minimum atomic E-state index is -1.91. The second-order valence-electron chi connectivity index (χ2n) is 1.93. The maximum absolute atomic E-state index is 12.4. The Morgan fingerprint density at radius 2 is 1.50 bits per heavy atom. The van der Waals surface area contributed by atoms with Gasteiger partial charge in [0.25, 0.3) is 0 Å². The molecule has 0 radical (unpaired) electrons. The minimum Gasteiger partial charge on any atom is -0.204 e. The van der Waals surface area contributed by atoms with Gasteiger partial charge in [-0.25, -0.2) is 13.2 Å². The molecule has 0 fully saturated rings. The fraction of sp³-hybridized carbons (Fsp3) is 0. The lowest BCUT2D eigenvalue weighted by atomic mass is 10.3. The van der Waals surface area contributed by atoms with Gasteiger partial charge in [-0.15, -0.1) is 0 Å². The van der Waals surface area contributed by atoms with Crippen molar-refractivity contribution in [2.45, 2.75) is 0 Å². The van der Waals surface area contributed by atoms with E-state index in [0.29, 0.717) is 12.1 Å². The number of hydrogen-bond donors (Lipinski definition) is 0. The van der Waals surface area contributed by atoms with Crippen LogP contribution in [0.3, 0.4) is 0 Å². The second-order valence-corrected chi connectivity index (χ2v) is 1.93. The maximum Gasteiger partial charge on any atom is 0.196 e. The Morgan fingerprint density at radius 3 is 2.00 bits per heavy atom. The molecule has 0 aliphatic carbocycles. The van der Waals surface area contributed by atoms with Crippen molar-refractivity contribution in [3.05, 3.63) is 29.6 Å². The first-order chi connectivity index (χ1) is 5.54. The predicted octanol–water partition coefficient (Wildman–Crippen LogP) is 2.68. The van der Waals surface area contributed by atoms with Gasteiger partial charge in [-0.05, 0) is 17.5 Å². The summed E-state index contributed by atoms with van der Waals surface area (Å²) in [7, 11) is 0. The molecule has 0 spiro atoms. The molecule has 1 aromatic rings. The summed E-state index contributed by atoms with van der Waals surface area (Å²) in [4.78, 5) is 0. The predicted molar refractivity (Wildman–Crippen MR) is 31.0 cm³/mol. The van der Waals surface area contributed by atoms with E-state index >= 15 is 0 Å². The van der Waals surface area contributed by atoms with Gasteiger partial charge >= 0.3 is 0 Å². The minimum absolute atomic E-state index is 0.417. The number of halogens is 5. The molecule has 0 saturated heterocycles. The zero-order valence-electron chi connectivity index (χ0n) is 5.49. The molecular weight excluding hydrogens is 181 g/mol. The number of nitrogens with zero attached hydrogens (tertiary/aromatic N) is 1. The third-order valence-corrected chi connectivity index (χ3v) is 1.20. The summed E-state index contributed by atoms with van der Waals surface area (Å²) in [6.45, 7) is 0. The van der Waals surface area contributed by atoms with E-state index in [4.69, 9.17) is 0 Å². The highest BCUT2D eigenvalue weighted by Gasteiger charge is 2.17. The van der Waals surface area contributed by atoms with E-state index in [1.807, 2.05) is 0 Å². The Morgan fingerprint density at radius 1 is 0.917 bits per heavy atom. The number of rotatable bonds is 1. The van der Waals surface area contributed by atoms with Crippen LogP contribution in [0.5, 0.6) is 0 Å². The van der Waals surface area contributed by atoms with E-state index in [9.17, 15) is 22.1 Å². The van der Waals surface area contributed by atoms with Gasteiger partial charge in [0, 0.05) is 0 Å². The summed E-state index contributed by atoms with van der Waals surface area (Å²) in [5.41, 5.74) is -1.30. The number of hydrogen-bond acceptors (Lipinski definition) is 1.